The van der Waals surface area contributed by atoms with E-state index in [4.69, 9.17) is 9.47 Å². The van der Waals surface area contributed by atoms with Gasteiger partial charge < -0.3 is 9.47 Å². The molecule has 0 amide bonds. The largest absolute Gasteiger partial charge is 0.355 e. The summed E-state index contributed by atoms with van der Waals surface area (Å²) in [5.74, 6) is 0. The van der Waals surface area contributed by atoms with Crippen LogP contribution in [0, 0.1) is 0 Å². The third-order valence-electron chi connectivity index (χ3n) is 3.08. The Hall–Kier alpha value is -0.260. The highest BCUT2D eigenvalue weighted by Crippen LogP contribution is 2.28. The third kappa shape index (κ3) is 3.09. The minimum absolute atomic E-state index is 0.0587. The molecule has 2 saturated heterocycles. The standard InChI is InChI=1S/C9H18N2O6S2/c1-7-6-16-8-9(17-7)11(19(3,14)15)5-4-10(8)18(2,12)13/h7-9H,4-6H2,1-3H3/t7-,8+,9-/m1/s1. The van der Waals surface area contributed by atoms with E-state index in [2.05, 4.69) is 0 Å². The highest BCUT2D eigenvalue weighted by Gasteiger charge is 2.48. The maximum atomic E-state index is 11.7. The first-order chi connectivity index (χ1) is 8.60. The molecule has 2 rings (SSSR count). The molecule has 0 aromatic carbocycles. The fraction of sp³-hybridized carbons (Fsp3) is 1.00. The smallest absolute Gasteiger partial charge is 0.213 e. The van der Waals surface area contributed by atoms with Crippen LogP contribution in [-0.2, 0) is 29.5 Å². The molecule has 0 aromatic heterocycles. The number of sulfonamides is 2. The molecule has 8 nitrogen and oxygen atoms in total. The van der Waals surface area contributed by atoms with Crippen molar-refractivity contribution in [2.45, 2.75) is 25.5 Å². The van der Waals surface area contributed by atoms with Gasteiger partial charge in [0.15, 0.2) is 12.5 Å². The Morgan fingerprint density at radius 3 is 1.89 bits per heavy atom. The maximum Gasteiger partial charge on any atom is 0.213 e. The molecule has 0 saturated carbocycles. The minimum Gasteiger partial charge on any atom is -0.355 e. The Morgan fingerprint density at radius 1 is 0.947 bits per heavy atom. The molecule has 2 fully saturated rings. The van der Waals surface area contributed by atoms with Crippen LogP contribution in [0.1, 0.15) is 6.92 Å². The van der Waals surface area contributed by atoms with Crippen LogP contribution in [0.2, 0.25) is 0 Å². The summed E-state index contributed by atoms with van der Waals surface area (Å²) in [5.41, 5.74) is 0. The Kier molecular flexibility index (Phi) is 3.93. The van der Waals surface area contributed by atoms with Crippen LogP contribution in [0.3, 0.4) is 0 Å². The second kappa shape index (κ2) is 4.93. The zero-order valence-electron chi connectivity index (χ0n) is 11.0. The van der Waals surface area contributed by atoms with Crippen LogP contribution in [0.15, 0.2) is 0 Å². The summed E-state index contributed by atoms with van der Waals surface area (Å²) >= 11 is 0. The van der Waals surface area contributed by atoms with Crippen molar-refractivity contribution < 1.29 is 26.3 Å². The number of hydrogen-bond acceptors (Lipinski definition) is 6. The van der Waals surface area contributed by atoms with Crippen LogP contribution >= 0.6 is 0 Å². The first-order valence-corrected chi connectivity index (χ1v) is 9.51. The molecule has 0 N–H and O–H groups in total. The summed E-state index contributed by atoms with van der Waals surface area (Å²) in [7, 11) is -6.96. The van der Waals surface area contributed by atoms with Gasteiger partial charge in [-0.1, -0.05) is 0 Å². The van der Waals surface area contributed by atoms with E-state index in [1.165, 1.54) is 0 Å². The topological polar surface area (TPSA) is 93.2 Å². The lowest BCUT2D eigenvalue weighted by molar-refractivity contribution is -0.249. The molecule has 0 spiro atoms. The summed E-state index contributed by atoms with van der Waals surface area (Å²) < 4.78 is 60.2. The van der Waals surface area contributed by atoms with Gasteiger partial charge >= 0.3 is 0 Å². The van der Waals surface area contributed by atoms with Gasteiger partial charge in [-0.2, -0.15) is 8.61 Å². The van der Waals surface area contributed by atoms with Crippen LogP contribution in [0.25, 0.3) is 0 Å². The van der Waals surface area contributed by atoms with Crippen LogP contribution < -0.4 is 0 Å². The molecule has 0 bridgehead atoms. The fourth-order valence-corrected chi connectivity index (χ4v) is 4.16. The SMILES string of the molecule is C[C@@H]1CO[C@H]2[C@@H](O1)N(S(C)(=O)=O)CCN2S(C)(=O)=O. The highest BCUT2D eigenvalue weighted by molar-refractivity contribution is 7.88. The van der Waals surface area contributed by atoms with Gasteiger partial charge in [-0.15, -0.1) is 0 Å². The number of ether oxygens (including phenoxy) is 2. The average Bonchev–Trinajstić information content (AvgIpc) is 2.24. The van der Waals surface area contributed by atoms with E-state index in [0.29, 0.717) is 0 Å². The van der Waals surface area contributed by atoms with Gasteiger partial charge in [0, 0.05) is 13.1 Å². The zero-order valence-corrected chi connectivity index (χ0v) is 12.6. The van der Waals surface area contributed by atoms with E-state index in [9.17, 15) is 16.8 Å². The molecule has 2 aliphatic heterocycles. The van der Waals surface area contributed by atoms with Gasteiger partial charge in [-0.3, -0.25) is 0 Å². The van der Waals surface area contributed by atoms with Gasteiger partial charge in [0.2, 0.25) is 20.0 Å². The lowest BCUT2D eigenvalue weighted by atomic mass is 10.3. The average molecular weight is 314 g/mol. The van der Waals surface area contributed by atoms with E-state index < -0.39 is 32.5 Å². The molecular weight excluding hydrogens is 296 g/mol. The number of piperazine rings is 1. The molecule has 10 heteroatoms. The Bertz CT molecular complexity index is 545. The number of nitrogens with zero attached hydrogens (tertiary/aromatic N) is 2. The van der Waals surface area contributed by atoms with Crippen molar-refractivity contribution in [2.24, 2.45) is 0 Å². The Morgan fingerprint density at radius 2 is 1.42 bits per heavy atom. The quantitative estimate of drug-likeness (QED) is 0.623. The Balaban J connectivity index is 2.34. The van der Waals surface area contributed by atoms with Gasteiger partial charge in [0.05, 0.1) is 25.2 Å². The number of rotatable bonds is 2. The van der Waals surface area contributed by atoms with E-state index in [-0.39, 0.29) is 25.8 Å². The van der Waals surface area contributed by atoms with Gasteiger partial charge in [0.25, 0.3) is 0 Å². The summed E-state index contributed by atoms with van der Waals surface area (Å²) in [6, 6.07) is 0. The van der Waals surface area contributed by atoms with E-state index in [1.54, 1.807) is 6.92 Å². The predicted octanol–water partition coefficient (Wildman–Crippen LogP) is -1.39. The first-order valence-electron chi connectivity index (χ1n) is 5.81. The molecule has 112 valence electrons. The van der Waals surface area contributed by atoms with Crippen molar-refractivity contribution in [1.29, 1.82) is 0 Å². The lowest BCUT2D eigenvalue weighted by Crippen LogP contribution is -2.66. The molecule has 0 aromatic rings. The Labute approximate surface area is 113 Å². The predicted molar refractivity (Wildman–Crippen MR) is 67.2 cm³/mol. The summed E-state index contributed by atoms with van der Waals surface area (Å²) in [4.78, 5) is 0. The van der Waals surface area contributed by atoms with Crippen molar-refractivity contribution in [3.05, 3.63) is 0 Å². The van der Waals surface area contributed by atoms with Gasteiger partial charge in [-0.05, 0) is 6.92 Å². The van der Waals surface area contributed by atoms with Crippen molar-refractivity contribution in [3.63, 3.8) is 0 Å². The van der Waals surface area contributed by atoms with Crippen molar-refractivity contribution in [2.75, 3.05) is 32.2 Å². The molecule has 3 atom stereocenters. The summed E-state index contributed by atoms with van der Waals surface area (Å²) in [6.45, 7) is 2.09. The molecule has 0 unspecified atom stereocenters. The maximum absolute atomic E-state index is 11.7. The fourth-order valence-electron chi connectivity index (χ4n) is 2.26. The number of hydrogen-bond donors (Lipinski definition) is 0. The molecule has 2 aliphatic rings. The first kappa shape index (κ1) is 15.1. The van der Waals surface area contributed by atoms with Crippen LogP contribution in [0.4, 0.5) is 0 Å². The monoisotopic (exact) mass is 314 g/mol. The van der Waals surface area contributed by atoms with Crippen molar-refractivity contribution in [1.82, 2.24) is 8.61 Å². The normalized spacial score (nSPS) is 35.0. The van der Waals surface area contributed by atoms with Gasteiger partial charge in [0.1, 0.15) is 0 Å². The molecule has 19 heavy (non-hydrogen) atoms. The number of fused-ring (bicyclic) bond motifs is 1. The van der Waals surface area contributed by atoms with Crippen LogP contribution in [-0.4, -0.2) is 76.2 Å². The third-order valence-corrected chi connectivity index (χ3v) is 5.56. The van der Waals surface area contributed by atoms with Gasteiger partial charge in [-0.25, -0.2) is 16.8 Å². The second-order valence-electron chi connectivity index (χ2n) is 4.81. The summed E-state index contributed by atoms with van der Waals surface area (Å²) in [6.07, 6.45) is 0.00609. The highest BCUT2D eigenvalue weighted by atomic mass is 32.2. The molecule has 0 radical (unpaired) electrons. The van der Waals surface area contributed by atoms with Crippen molar-refractivity contribution >= 4 is 20.0 Å². The molecule has 0 aliphatic carbocycles. The van der Waals surface area contributed by atoms with E-state index >= 15 is 0 Å². The van der Waals surface area contributed by atoms with E-state index in [0.717, 1.165) is 21.1 Å². The van der Waals surface area contributed by atoms with E-state index in [1.807, 2.05) is 0 Å². The molecule has 2 heterocycles. The molecular formula is C9H18N2O6S2. The summed E-state index contributed by atoms with van der Waals surface area (Å²) in [5, 5.41) is 0. The van der Waals surface area contributed by atoms with Crippen LogP contribution in [0.5, 0.6) is 0 Å². The minimum atomic E-state index is -3.48. The van der Waals surface area contributed by atoms with Crippen molar-refractivity contribution in [3.8, 4) is 0 Å². The zero-order chi connectivity index (χ0) is 14.4. The lowest BCUT2D eigenvalue weighted by Gasteiger charge is -2.47. The second-order valence-corrected chi connectivity index (χ2v) is 8.68.